The van der Waals surface area contributed by atoms with Crippen molar-refractivity contribution in [2.75, 3.05) is 19.5 Å². The van der Waals surface area contributed by atoms with Crippen LogP contribution in [-0.4, -0.2) is 31.9 Å². The van der Waals surface area contributed by atoms with E-state index in [0.717, 1.165) is 5.56 Å². The van der Waals surface area contributed by atoms with Crippen LogP contribution in [0.3, 0.4) is 0 Å². The van der Waals surface area contributed by atoms with Gasteiger partial charge in [0.05, 0.1) is 19.9 Å². The van der Waals surface area contributed by atoms with Gasteiger partial charge in [-0.3, -0.25) is 25.2 Å². The molecular formula is C19H19N3O5. The van der Waals surface area contributed by atoms with E-state index in [2.05, 4.69) is 10.7 Å². The lowest BCUT2D eigenvalue weighted by molar-refractivity contribution is -0.137. The van der Waals surface area contributed by atoms with Gasteiger partial charge >= 0.3 is 11.8 Å². The predicted molar refractivity (Wildman–Crippen MR) is 99.9 cm³/mol. The van der Waals surface area contributed by atoms with E-state index >= 15 is 0 Å². The normalized spacial score (nSPS) is 10.1. The SMILES string of the molecule is COc1ccc(NC(=O)C(=O)NNC(=O)C=Cc2ccccc2)c(OC)c1. The van der Waals surface area contributed by atoms with Crippen molar-refractivity contribution >= 4 is 29.5 Å². The third-order valence-electron chi connectivity index (χ3n) is 3.39. The van der Waals surface area contributed by atoms with Crippen LogP contribution >= 0.6 is 0 Å². The lowest BCUT2D eigenvalue weighted by Crippen LogP contribution is -2.46. The summed E-state index contributed by atoms with van der Waals surface area (Å²) in [6, 6.07) is 13.8. The van der Waals surface area contributed by atoms with E-state index in [1.54, 1.807) is 18.2 Å². The van der Waals surface area contributed by atoms with Crippen molar-refractivity contribution in [1.29, 1.82) is 0 Å². The average Bonchev–Trinajstić information content (AvgIpc) is 2.71. The van der Waals surface area contributed by atoms with Crippen molar-refractivity contribution in [3.05, 3.63) is 60.2 Å². The van der Waals surface area contributed by atoms with Crippen LogP contribution in [0.15, 0.2) is 54.6 Å². The van der Waals surface area contributed by atoms with E-state index in [1.807, 2.05) is 35.8 Å². The predicted octanol–water partition coefficient (Wildman–Crippen LogP) is 1.50. The number of anilines is 1. The first-order valence-electron chi connectivity index (χ1n) is 7.90. The van der Waals surface area contributed by atoms with Crippen molar-refractivity contribution in [3.8, 4) is 11.5 Å². The highest BCUT2D eigenvalue weighted by Crippen LogP contribution is 2.28. The maximum Gasteiger partial charge on any atom is 0.328 e. The number of amides is 3. The van der Waals surface area contributed by atoms with Crippen molar-refractivity contribution in [2.45, 2.75) is 0 Å². The number of hydrogen-bond donors (Lipinski definition) is 3. The van der Waals surface area contributed by atoms with E-state index in [1.165, 1.54) is 26.4 Å². The molecule has 0 radical (unpaired) electrons. The van der Waals surface area contributed by atoms with Gasteiger partial charge in [0.1, 0.15) is 11.5 Å². The fourth-order valence-electron chi connectivity index (χ4n) is 2.03. The number of rotatable bonds is 5. The van der Waals surface area contributed by atoms with Crippen molar-refractivity contribution in [3.63, 3.8) is 0 Å². The van der Waals surface area contributed by atoms with Gasteiger partial charge in [0.2, 0.25) is 0 Å². The van der Waals surface area contributed by atoms with Crippen LogP contribution in [-0.2, 0) is 14.4 Å². The van der Waals surface area contributed by atoms with E-state index in [9.17, 15) is 14.4 Å². The van der Waals surface area contributed by atoms with Crippen LogP contribution in [0.1, 0.15) is 5.56 Å². The molecule has 0 unspecified atom stereocenters. The first-order valence-corrected chi connectivity index (χ1v) is 7.90. The third-order valence-corrected chi connectivity index (χ3v) is 3.39. The molecule has 0 aliphatic rings. The summed E-state index contributed by atoms with van der Waals surface area (Å²) >= 11 is 0. The van der Waals surface area contributed by atoms with Gasteiger partial charge in [0.15, 0.2) is 0 Å². The summed E-state index contributed by atoms with van der Waals surface area (Å²) in [5.74, 6) is -1.72. The van der Waals surface area contributed by atoms with Gasteiger partial charge in [-0.05, 0) is 23.8 Å². The molecule has 3 amide bonds. The van der Waals surface area contributed by atoms with Crippen molar-refractivity contribution in [1.82, 2.24) is 10.9 Å². The standard InChI is InChI=1S/C19H19N3O5/c1-26-14-9-10-15(16(12-14)27-2)20-18(24)19(25)22-21-17(23)11-8-13-6-4-3-5-7-13/h3-12H,1-2H3,(H,20,24)(H,21,23)(H,22,25). The van der Waals surface area contributed by atoms with Gasteiger partial charge in [0.25, 0.3) is 5.91 Å². The second-order valence-electron chi connectivity index (χ2n) is 5.21. The Bertz CT molecular complexity index is 850. The maximum absolute atomic E-state index is 11.9. The molecule has 0 fully saturated rings. The molecule has 8 heteroatoms. The highest BCUT2D eigenvalue weighted by molar-refractivity contribution is 6.39. The number of benzene rings is 2. The second kappa shape index (κ2) is 9.62. The van der Waals surface area contributed by atoms with Gasteiger partial charge in [-0.2, -0.15) is 0 Å². The zero-order chi connectivity index (χ0) is 19.6. The quantitative estimate of drug-likeness (QED) is 0.421. The molecule has 0 saturated carbocycles. The summed E-state index contributed by atoms with van der Waals surface area (Å²) < 4.78 is 10.2. The fourth-order valence-corrected chi connectivity index (χ4v) is 2.03. The molecule has 140 valence electrons. The number of hydrogen-bond acceptors (Lipinski definition) is 5. The van der Waals surface area contributed by atoms with Crippen molar-refractivity contribution < 1.29 is 23.9 Å². The summed E-state index contributed by atoms with van der Waals surface area (Å²) in [5.41, 5.74) is 5.27. The average molecular weight is 369 g/mol. The van der Waals surface area contributed by atoms with Gasteiger partial charge in [-0.25, -0.2) is 0 Å². The third kappa shape index (κ3) is 5.89. The van der Waals surface area contributed by atoms with Crippen molar-refractivity contribution in [2.24, 2.45) is 0 Å². The monoisotopic (exact) mass is 369 g/mol. The van der Waals surface area contributed by atoms with Crippen LogP contribution in [0.2, 0.25) is 0 Å². The Kier molecular flexibility index (Phi) is 6.95. The molecule has 0 aliphatic heterocycles. The zero-order valence-electron chi connectivity index (χ0n) is 14.8. The molecule has 8 nitrogen and oxygen atoms in total. The highest BCUT2D eigenvalue weighted by atomic mass is 16.5. The number of carbonyl (C=O) groups is 3. The lowest BCUT2D eigenvalue weighted by atomic mass is 10.2. The Morgan fingerprint density at radius 3 is 2.30 bits per heavy atom. The van der Waals surface area contributed by atoms with Gasteiger partial charge in [-0.1, -0.05) is 30.3 Å². The molecule has 27 heavy (non-hydrogen) atoms. The molecule has 2 rings (SSSR count). The lowest BCUT2D eigenvalue weighted by Gasteiger charge is -2.11. The topological polar surface area (TPSA) is 106 Å². The minimum Gasteiger partial charge on any atom is -0.497 e. The maximum atomic E-state index is 11.9. The molecule has 2 aromatic rings. The number of nitrogens with one attached hydrogen (secondary N) is 3. The minimum absolute atomic E-state index is 0.286. The summed E-state index contributed by atoms with van der Waals surface area (Å²) in [6.07, 6.45) is 2.81. The summed E-state index contributed by atoms with van der Waals surface area (Å²) in [7, 11) is 2.92. The van der Waals surface area contributed by atoms with Crippen LogP contribution in [0.4, 0.5) is 5.69 Å². The Morgan fingerprint density at radius 2 is 1.63 bits per heavy atom. The molecule has 0 aromatic heterocycles. The molecular weight excluding hydrogens is 350 g/mol. The first-order chi connectivity index (χ1) is 13.0. The zero-order valence-corrected chi connectivity index (χ0v) is 14.8. The van der Waals surface area contributed by atoms with Gasteiger partial charge < -0.3 is 14.8 Å². The molecule has 3 N–H and O–H groups in total. The minimum atomic E-state index is -1.03. The number of ether oxygens (including phenoxy) is 2. The number of carbonyl (C=O) groups excluding carboxylic acids is 3. The van der Waals surface area contributed by atoms with Gasteiger partial charge in [-0.15, -0.1) is 0 Å². The van der Waals surface area contributed by atoms with Crippen LogP contribution in [0.5, 0.6) is 11.5 Å². The second-order valence-corrected chi connectivity index (χ2v) is 5.21. The number of methoxy groups -OCH3 is 2. The molecule has 0 spiro atoms. The van der Waals surface area contributed by atoms with Crippen LogP contribution < -0.4 is 25.6 Å². The fraction of sp³-hybridized carbons (Fsp3) is 0.105. The molecule has 0 heterocycles. The summed E-state index contributed by atoms with van der Waals surface area (Å²) in [6.45, 7) is 0. The largest absolute Gasteiger partial charge is 0.497 e. The van der Waals surface area contributed by atoms with Gasteiger partial charge in [0, 0.05) is 12.1 Å². The van der Waals surface area contributed by atoms with E-state index in [0.29, 0.717) is 11.5 Å². The summed E-state index contributed by atoms with van der Waals surface area (Å²) in [4.78, 5) is 35.5. The Morgan fingerprint density at radius 1 is 0.889 bits per heavy atom. The Hall–Kier alpha value is -3.81. The molecule has 0 atom stereocenters. The number of hydrazine groups is 1. The van der Waals surface area contributed by atoms with E-state index in [-0.39, 0.29) is 5.69 Å². The molecule has 0 saturated heterocycles. The molecule has 0 aliphatic carbocycles. The van der Waals surface area contributed by atoms with Crippen LogP contribution in [0, 0.1) is 0 Å². The van der Waals surface area contributed by atoms with Crippen LogP contribution in [0.25, 0.3) is 6.08 Å². The van der Waals surface area contributed by atoms with E-state index in [4.69, 9.17) is 9.47 Å². The first kappa shape index (κ1) is 19.5. The molecule has 0 bridgehead atoms. The summed E-state index contributed by atoms with van der Waals surface area (Å²) in [5, 5.41) is 2.39. The molecule has 2 aromatic carbocycles. The Balaban J connectivity index is 1.88. The Labute approximate surface area is 156 Å². The smallest absolute Gasteiger partial charge is 0.328 e. The van der Waals surface area contributed by atoms with E-state index < -0.39 is 17.7 Å². The highest BCUT2D eigenvalue weighted by Gasteiger charge is 2.16.